The van der Waals surface area contributed by atoms with Gasteiger partial charge in [-0.3, -0.25) is 0 Å². The van der Waals surface area contributed by atoms with E-state index in [1.54, 1.807) is 20.8 Å². The number of dihydropyridines is 1. The molecule has 23 heavy (non-hydrogen) atoms. The van der Waals surface area contributed by atoms with Gasteiger partial charge in [-0.2, -0.15) is 0 Å². The zero-order chi connectivity index (χ0) is 17.3. The third-order valence-electron chi connectivity index (χ3n) is 3.87. The first-order valence-corrected chi connectivity index (χ1v) is 7.18. The van der Waals surface area contributed by atoms with Crippen molar-refractivity contribution in [2.24, 2.45) is 11.8 Å². The first kappa shape index (κ1) is 16.7. The van der Waals surface area contributed by atoms with Crippen LogP contribution in [0.5, 0.6) is 0 Å². The lowest BCUT2D eigenvalue weighted by Crippen LogP contribution is -2.34. The molecule has 3 N–H and O–H groups in total. The van der Waals surface area contributed by atoms with Gasteiger partial charge in [0, 0.05) is 11.6 Å². The van der Waals surface area contributed by atoms with Crippen LogP contribution in [0.3, 0.4) is 0 Å². The minimum Gasteiger partial charge on any atom is -0.478 e. The first-order chi connectivity index (χ1) is 10.7. The zero-order valence-corrected chi connectivity index (χ0v) is 13.1. The van der Waals surface area contributed by atoms with Crippen LogP contribution in [0.2, 0.25) is 0 Å². The molecule has 1 heterocycles. The number of allylic oxidation sites excluding steroid dienone is 1. The van der Waals surface area contributed by atoms with Gasteiger partial charge in [0.05, 0.1) is 16.8 Å². The zero-order valence-electron chi connectivity index (χ0n) is 13.1. The highest BCUT2D eigenvalue weighted by molar-refractivity contribution is 6.02. The Bertz CT molecular complexity index is 717. The molecule has 0 saturated carbocycles. The highest BCUT2D eigenvalue weighted by Crippen LogP contribution is 2.38. The van der Waals surface area contributed by atoms with Gasteiger partial charge in [0.25, 0.3) is 0 Å². The van der Waals surface area contributed by atoms with Crippen molar-refractivity contribution in [2.45, 2.75) is 20.8 Å². The van der Waals surface area contributed by atoms with Gasteiger partial charge in [-0.15, -0.1) is 0 Å². The Kier molecular flexibility index (Phi) is 4.54. The number of hydrogen-bond donors (Lipinski definition) is 3. The summed E-state index contributed by atoms with van der Waals surface area (Å²) in [5, 5.41) is 22.0. The summed E-state index contributed by atoms with van der Waals surface area (Å²) in [6.45, 7) is 5.15. The number of carboxylic acids is 2. The molecule has 1 aliphatic rings. The van der Waals surface area contributed by atoms with E-state index < -0.39 is 23.7 Å². The Morgan fingerprint density at radius 1 is 1.09 bits per heavy atom. The smallest absolute Gasteiger partial charge is 0.334 e. The topological polar surface area (TPSA) is 86.6 Å². The molecule has 0 spiro atoms. The Balaban J connectivity index is 2.69. The number of aliphatic carboxylic acids is 2. The number of carbonyl (C=O) groups is 2. The number of nitrogens with one attached hydrogen (secondary N) is 1. The van der Waals surface area contributed by atoms with Crippen molar-refractivity contribution in [1.29, 1.82) is 0 Å². The largest absolute Gasteiger partial charge is 0.478 e. The van der Waals surface area contributed by atoms with Crippen molar-refractivity contribution < 1.29 is 24.2 Å². The normalized spacial score (nSPS) is 18.2. The number of benzene rings is 1. The van der Waals surface area contributed by atoms with Crippen molar-refractivity contribution in [3.63, 3.8) is 0 Å². The summed E-state index contributed by atoms with van der Waals surface area (Å²) in [5.41, 5.74) is 1.22. The standard InChI is InChI=1S/C17H18FNO4/c1-8(2)12-13(16(20)21)9(3)19-15(14(12)17(22)23)10-4-6-11(18)7-5-10/h4-8,12,19H,1-3H3,(H,20,21)(H,22,23). The maximum Gasteiger partial charge on any atom is 0.334 e. The van der Waals surface area contributed by atoms with E-state index in [-0.39, 0.29) is 17.1 Å². The van der Waals surface area contributed by atoms with Crippen molar-refractivity contribution in [1.82, 2.24) is 5.32 Å². The second-order valence-corrected chi connectivity index (χ2v) is 5.79. The Morgan fingerprint density at radius 3 is 2.04 bits per heavy atom. The second-order valence-electron chi connectivity index (χ2n) is 5.79. The fourth-order valence-electron chi connectivity index (χ4n) is 2.90. The summed E-state index contributed by atoms with van der Waals surface area (Å²) in [7, 11) is 0. The van der Waals surface area contributed by atoms with Crippen LogP contribution in [0.4, 0.5) is 4.39 Å². The summed E-state index contributed by atoms with van der Waals surface area (Å²) < 4.78 is 13.1. The summed E-state index contributed by atoms with van der Waals surface area (Å²) in [6, 6.07) is 5.41. The molecule has 1 aromatic carbocycles. The predicted octanol–water partition coefficient (Wildman–Crippen LogP) is 2.86. The van der Waals surface area contributed by atoms with Crippen molar-refractivity contribution in [3.8, 4) is 0 Å². The molecule has 1 atom stereocenters. The molecule has 0 bridgehead atoms. The molecule has 0 saturated heterocycles. The molecule has 122 valence electrons. The molecule has 5 nitrogen and oxygen atoms in total. The van der Waals surface area contributed by atoms with Crippen LogP contribution >= 0.6 is 0 Å². The molecular weight excluding hydrogens is 301 g/mol. The van der Waals surface area contributed by atoms with Gasteiger partial charge < -0.3 is 15.5 Å². The van der Waals surface area contributed by atoms with E-state index in [0.717, 1.165) is 0 Å². The average Bonchev–Trinajstić information content (AvgIpc) is 2.45. The highest BCUT2D eigenvalue weighted by Gasteiger charge is 2.38. The van der Waals surface area contributed by atoms with E-state index in [1.165, 1.54) is 24.3 Å². The monoisotopic (exact) mass is 319 g/mol. The van der Waals surface area contributed by atoms with Gasteiger partial charge in [0.15, 0.2) is 0 Å². The van der Waals surface area contributed by atoms with Crippen molar-refractivity contribution >= 4 is 17.6 Å². The van der Waals surface area contributed by atoms with Crippen LogP contribution in [0.25, 0.3) is 5.70 Å². The van der Waals surface area contributed by atoms with E-state index >= 15 is 0 Å². The molecule has 1 aliphatic heterocycles. The van der Waals surface area contributed by atoms with Gasteiger partial charge in [-0.1, -0.05) is 13.8 Å². The molecule has 1 unspecified atom stereocenters. The molecule has 0 aromatic heterocycles. The lowest BCUT2D eigenvalue weighted by Gasteiger charge is -2.32. The van der Waals surface area contributed by atoms with Crippen LogP contribution in [0, 0.1) is 17.7 Å². The van der Waals surface area contributed by atoms with E-state index in [0.29, 0.717) is 17.0 Å². The van der Waals surface area contributed by atoms with Crippen molar-refractivity contribution in [3.05, 3.63) is 52.5 Å². The van der Waals surface area contributed by atoms with Gasteiger partial charge >= 0.3 is 11.9 Å². The van der Waals surface area contributed by atoms with Crippen LogP contribution in [-0.2, 0) is 9.59 Å². The molecular formula is C17H18FNO4. The van der Waals surface area contributed by atoms with Crippen LogP contribution in [-0.4, -0.2) is 22.2 Å². The summed E-state index contributed by atoms with van der Waals surface area (Å²) in [6.07, 6.45) is 0. The number of carboxylic acid groups (broad SMARTS) is 2. The van der Waals surface area contributed by atoms with Crippen molar-refractivity contribution in [2.75, 3.05) is 0 Å². The number of hydrogen-bond acceptors (Lipinski definition) is 3. The molecule has 0 fully saturated rings. The van der Waals surface area contributed by atoms with E-state index in [9.17, 15) is 24.2 Å². The van der Waals surface area contributed by atoms with Crippen LogP contribution in [0.1, 0.15) is 26.3 Å². The second kappa shape index (κ2) is 6.24. The summed E-state index contributed by atoms with van der Waals surface area (Å²) in [4.78, 5) is 23.4. The maximum atomic E-state index is 13.1. The lowest BCUT2D eigenvalue weighted by atomic mass is 9.77. The fraction of sp³-hybridized carbons (Fsp3) is 0.294. The SMILES string of the molecule is CC1=C(C(=O)O)C(C(C)C)C(C(=O)O)=C(c2ccc(F)cc2)N1. The maximum absolute atomic E-state index is 13.1. The Labute approximate surface area is 133 Å². The number of rotatable bonds is 4. The molecule has 2 rings (SSSR count). The first-order valence-electron chi connectivity index (χ1n) is 7.18. The molecule has 0 amide bonds. The molecule has 0 radical (unpaired) electrons. The minimum atomic E-state index is -1.19. The van der Waals surface area contributed by atoms with E-state index in [2.05, 4.69) is 5.32 Å². The van der Waals surface area contributed by atoms with Gasteiger partial charge in [0.1, 0.15) is 5.82 Å². The Morgan fingerprint density at radius 2 is 1.61 bits per heavy atom. The summed E-state index contributed by atoms with van der Waals surface area (Å²) >= 11 is 0. The Hall–Kier alpha value is -2.63. The third-order valence-corrected chi connectivity index (χ3v) is 3.87. The number of halogens is 1. The fourth-order valence-corrected chi connectivity index (χ4v) is 2.90. The molecule has 1 aromatic rings. The van der Waals surface area contributed by atoms with Gasteiger partial charge in [-0.25, -0.2) is 14.0 Å². The lowest BCUT2D eigenvalue weighted by molar-refractivity contribution is -0.134. The van der Waals surface area contributed by atoms with Crippen LogP contribution < -0.4 is 5.32 Å². The average molecular weight is 319 g/mol. The van der Waals surface area contributed by atoms with E-state index in [1.807, 2.05) is 0 Å². The summed E-state index contributed by atoms with van der Waals surface area (Å²) in [5.74, 6) is -3.75. The van der Waals surface area contributed by atoms with Crippen LogP contribution in [0.15, 0.2) is 41.1 Å². The quantitative estimate of drug-likeness (QED) is 0.794. The third kappa shape index (κ3) is 3.11. The highest BCUT2D eigenvalue weighted by atomic mass is 19.1. The molecule has 0 aliphatic carbocycles. The predicted molar refractivity (Wildman–Crippen MR) is 82.8 cm³/mol. The van der Waals surface area contributed by atoms with E-state index in [4.69, 9.17) is 0 Å². The molecule has 6 heteroatoms. The van der Waals surface area contributed by atoms with Gasteiger partial charge in [-0.05, 0) is 42.7 Å². The van der Waals surface area contributed by atoms with Gasteiger partial charge in [0.2, 0.25) is 0 Å². The minimum absolute atomic E-state index is 0.0189.